The Morgan fingerprint density at radius 3 is 2.67 bits per heavy atom. The molecule has 0 spiro atoms. The SMILES string of the molecule is COc1cc(Cl)cc(C)c1CN. The molecule has 1 aromatic carbocycles. The van der Waals surface area contributed by atoms with Crippen LogP contribution in [0.5, 0.6) is 5.75 Å². The van der Waals surface area contributed by atoms with E-state index in [2.05, 4.69) is 0 Å². The Hall–Kier alpha value is -0.730. The van der Waals surface area contributed by atoms with Crippen LogP contribution in [0.15, 0.2) is 12.1 Å². The van der Waals surface area contributed by atoms with Crippen molar-refractivity contribution in [3.05, 3.63) is 28.3 Å². The molecule has 0 aliphatic heterocycles. The molecule has 0 aliphatic carbocycles. The second-order valence-corrected chi connectivity index (χ2v) is 3.04. The minimum atomic E-state index is 0.478. The largest absolute Gasteiger partial charge is 0.496 e. The maximum atomic E-state index is 5.84. The van der Waals surface area contributed by atoms with Crippen LogP contribution in [0.4, 0.5) is 0 Å². The van der Waals surface area contributed by atoms with Gasteiger partial charge < -0.3 is 10.5 Å². The number of aryl methyl sites for hydroxylation is 1. The summed E-state index contributed by atoms with van der Waals surface area (Å²) in [5.74, 6) is 0.766. The number of nitrogens with two attached hydrogens (primary N) is 1. The lowest BCUT2D eigenvalue weighted by Gasteiger charge is -2.09. The molecule has 66 valence electrons. The van der Waals surface area contributed by atoms with E-state index in [1.54, 1.807) is 13.2 Å². The summed E-state index contributed by atoms with van der Waals surface area (Å²) in [7, 11) is 1.62. The molecule has 1 rings (SSSR count). The van der Waals surface area contributed by atoms with Gasteiger partial charge in [0, 0.05) is 17.1 Å². The highest BCUT2D eigenvalue weighted by Gasteiger charge is 2.05. The molecule has 0 amide bonds. The van der Waals surface area contributed by atoms with Gasteiger partial charge >= 0.3 is 0 Å². The van der Waals surface area contributed by atoms with E-state index in [9.17, 15) is 0 Å². The van der Waals surface area contributed by atoms with Crippen LogP contribution < -0.4 is 10.5 Å². The van der Waals surface area contributed by atoms with Gasteiger partial charge in [0.15, 0.2) is 0 Å². The normalized spacial score (nSPS) is 10.0. The van der Waals surface area contributed by atoms with E-state index < -0.39 is 0 Å². The van der Waals surface area contributed by atoms with E-state index in [4.69, 9.17) is 22.1 Å². The molecule has 0 heterocycles. The summed E-state index contributed by atoms with van der Waals surface area (Å²) < 4.78 is 5.13. The van der Waals surface area contributed by atoms with Crippen molar-refractivity contribution in [2.75, 3.05) is 7.11 Å². The van der Waals surface area contributed by atoms with Gasteiger partial charge in [-0.2, -0.15) is 0 Å². The standard InChI is InChI=1S/C9H12ClNO/c1-6-3-7(10)4-9(12-2)8(6)5-11/h3-4H,5,11H2,1-2H3. The van der Waals surface area contributed by atoms with Crippen molar-refractivity contribution in [1.82, 2.24) is 0 Å². The second-order valence-electron chi connectivity index (χ2n) is 2.61. The highest BCUT2D eigenvalue weighted by Crippen LogP contribution is 2.26. The molecule has 2 nitrogen and oxygen atoms in total. The lowest BCUT2D eigenvalue weighted by Crippen LogP contribution is -2.02. The molecule has 12 heavy (non-hydrogen) atoms. The van der Waals surface area contributed by atoms with Gasteiger partial charge in [-0.3, -0.25) is 0 Å². The first-order chi connectivity index (χ1) is 5.69. The summed E-state index contributed by atoms with van der Waals surface area (Å²) in [6, 6.07) is 3.66. The minimum Gasteiger partial charge on any atom is -0.496 e. The molecule has 0 aliphatic rings. The maximum absolute atomic E-state index is 5.84. The smallest absolute Gasteiger partial charge is 0.125 e. The third kappa shape index (κ3) is 1.71. The Bertz CT molecular complexity index is 286. The van der Waals surface area contributed by atoms with Crippen LogP contribution in [0.2, 0.25) is 5.02 Å². The van der Waals surface area contributed by atoms with Gasteiger partial charge in [0.25, 0.3) is 0 Å². The molecule has 0 saturated heterocycles. The van der Waals surface area contributed by atoms with Crippen molar-refractivity contribution in [1.29, 1.82) is 0 Å². The number of hydrogen-bond donors (Lipinski definition) is 1. The van der Waals surface area contributed by atoms with Gasteiger partial charge in [0.05, 0.1) is 7.11 Å². The summed E-state index contributed by atoms with van der Waals surface area (Å²) in [6.07, 6.45) is 0. The molecule has 0 aromatic heterocycles. The van der Waals surface area contributed by atoms with Crippen LogP contribution in [0.25, 0.3) is 0 Å². The van der Waals surface area contributed by atoms with Gasteiger partial charge in [-0.05, 0) is 24.6 Å². The molecule has 1 aromatic rings. The van der Waals surface area contributed by atoms with Gasteiger partial charge in [-0.15, -0.1) is 0 Å². The molecule has 0 bridgehead atoms. The first-order valence-electron chi connectivity index (χ1n) is 3.72. The molecular weight excluding hydrogens is 174 g/mol. The van der Waals surface area contributed by atoms with Gasteiger partial charge in [0.1, 0.15) is 5.75 Å². The lowest BCUT2D eigenvalue weighted by atomic mass is 10.1. The number of rotatable bonds is 2. The Balaban J connectivity index is 3.24. The number of methoxy groups -OCH3 is 1. The predicted molar refractivity (Wildman–Crippen MR) is 50.6 cm³/mol. The first kappa shape index (κ1) is 9.36. The summed E-state index contributed by atoms with van der Waals surface area (Å²) in [5.41, 5.74) is 7.64. The summed E-state index contributed by atoms with van der Waals surface area (Å²) in [4.78, 5) is 0. The van der Waals surface area contributed by atoms with E-state index in [1.165, 1.54) is 0 Å². The van der Waals surface area contributed by atoms with Gasteiger partial charge in [-0.25, -0.2) is 0 Å². The zero-order valence-corrected chi connectivity index (χ0v) is 7.98. The fraction of sp³-hybridized carbons (Fsp3) is 0.333. The van der Waals surface area contributed by atoms with E-state index in [0.29, 0.717) is 11.6 Å². The molecule has 0 saturated carbocycles. The van der Waals surface area contributed by atoms with E-state index >= 15 is 0 Å². The van der Waals surface area contributed by atoms with Crippen LogP contribution in [-0.4, -0.2) is 7.11 Å². The van der Waals surface area contributed by atoms with Crippen LogP contribution in [0, 0.1) is 6.92 Å². The fourth-order valence-corrected chi connectivity index (χ4v) is 1.45. The Morgan fingerprint density at radius 2 is 2.17 bits per heavy atom. The highest BCUT2D eigenvalue weighted by atomic mass is 35.5. The topological polar surface area (TPSA) is 35.2 Å². The third-order valence-electron chi connectivity index (χ3n) is 1.82. The Morgan fingerprint density at radius 1 is 1.50 bits per heavy atom. The molecule has 3 heteroatoms. The zero-order chi connectivity index (χ0) is 9.14. The molecule has 0 radical (unpaired) electrons. The predicted octanol–water partition coefficient (Wildman–Crippen LogP) is 2.12. The number of ether oxygens (including phenoxy) is 1. The van der Waals surface area contributed by atoms with Crippen molar-refractivity contribution < 1.29 is 4.74 Å². The highest BCUT2D eigenvalue weighted by molar-refractivity contribution is 6.30. The van der Waals surface area contributed by atoms with Crippen LogP contribution in [-0.2, 0) is 6.54 Å². The summed E-state index contributed by atoms with van der Waals surface area (Å²) >= 11 is 5.84. The number of halogens is 1. The fourth-order valence-electron chi connectivity index (χ4n) is 1.19. The summed E-state index contributed by atoms with van der Waals surface area (Å²) in [5, 5.41) is 0.682. The average molecular weight is 186 g/mol. The van der Waals surface area contributed by atoms with Crippen molar-refractivity contribution >= 4 is 11.6 Å². The Kier molecular flexibility index (Phi) is 2.95. The van der Waals surface area contributed by atoms with Crippen molar-refractivity contribution in [2.24, 2.45) is 5.73 Å². The molecular formula is C9H12ClNO. The first-order valence-corrected chi connectivity index (χ1v) is 4.10. The minimum absolute atomic E-state index is 0.478. The van der Waals surface area contributed by atoms with E-state index in [-0.39, 0.29) is 0 Å². The van der Waals surface area contributed by atoms with Gasteiger partial charge in [-0.1, -0.05) is 11.6 Å². The quantitative estimate of drug-likeness (QED) is 0.766. The Labute approximate surface area is 77.3 Å². The summed E-state index contributed by atoms with van der Waals surface area (Å²) in [6.45, 7) is 2.45. The number of hydrogen-bond acceptors (Lipinski definition) is 2. The lowest BCUT2D eigenvalue weighted by molar-refractivity contribution is 0.409. The second kappa shape index (κ2) is 3.78. The molecule has 2 N–H and O–H groups in total. The molecule has 0 fully saturated rings. The molecule has 0 atom stereocenters. The molecule has 0 unspecified atom stereocenters. The zero-order valence-electron chi connectivity index (χ0n) is 7.23. The van der Waals surface area contributed by atoms with Crippen molar-refractivity contribution in [3.8, 4) is 5.75 Å². The van der Waals surface area contributed by atoms with E-state index in [0.717, 1.165) is 16.9 Å². The maximum Gasteiger partial charge on any atom is 0.125 e. The van der Waals surface area contributed by atoms with Crippen LogP contribution in [0.1, 0.15) is 11.1 Å². The third-order valence-corrected chi connectivity index (χ3v) is 2.04. The van der Waals surface area contributed by atoms with E-state index in [1.807, 2.05) is 13.0 Å². The number of benzene rings is 1. The monoisotopic (exact) mass is 185 g/mol. The van der Waals surface area contributed by atoms with Crippen LogP contribution >= 0.6 is 11.6 Å². The van der Waals surface area contributed by atoms with Crippen molar-refractivity contribution in [2.45, 2.75) is 13.5 Å². The van der Waals surface area contributed by atoms with Crippen molar-refractivity contribution in [3.63, 3.8) is 0 Å². The van der Waals surface area contributed by atoms with Gasteiger partial charge in [0.2, 0.25) is 0 Å². The average Bonchev–Trinajstić information content (AvgIpc) is 2.03. The van der Waals surface area contributed by atoms with Crippen LogP contribution in [0.3, 0.4) is 0 Å².